The van der Waals surface area contributed by atoms with Gasteiger partial charge in [-0.3, -0.25) is 5.10 Å². The number of nitrogens with one attached hydrogen (secondary N) is 1. The van der Waals surface area contributed by atoms with Gasteiger partial charge in [-0.15, -0.1) is 11.8 Å². The second-order valence-corrected chi connectivity index (χ2v) is 9.74. The Labute approximate surface area is 184 Å². The molecule has 0 amide bonds. The van der Waals surface area contributed by atoms with Crippen LogP contribution in [0.25, 0.3) is 10.9 Å². The fourth-order valence-electron chi connectivity index (χ4n) is 4.58. The zero-order valence-electron chi connectivity index (χ0n) is 17.2. The fourth-order valence-corrected chi connectivity index (χ4v) is 6.12. The number of aromatic amines is 1. The first-order valence-electron chi connectivity index (χ1n) is 10.5. The summed E-state index contributed by atoms with van der Waals surface area (Å²) in [7, 11) is 0. The molecule has 1 saturated heterocycles. The minimum absolute atomic E-state index is 0.261. The Hall–Kier alpha value is -1.94. The van der Waals surface area contributed by atoms with Crippen LogP contribution in [-0.2, 0) is 29.1 Å². The van der Waals surface area contributed by atoms with Gasteiger partial charge >= 0.3 is 0 Å². The zero-order valence-corrected chi connectivity index (χ0v) is 18.0. The van der Waals surface area contributed by atoms with Gasteiger partial charge in [0.2, 0.25) is 0 Å². The van der Waals surface area contributed by atoms with E-state index < -0.39 is 28.5 Å². The van der Waals surface area contributed by atoms with E-state index in [1.165, 1.54) is 22.9 Å². The van der Waals surface area contributed by atoms with Crippen molar-refractivity contribution < 1.29 is 25.2 Å². The topological polar surface area (TPSA) is 119 Å². The fraction of sp³-hybridized carbons (Fsp3) is 0.435. The number of aliphatic hydroxyl groups is 4. The molecule has 5 N–H and O–H groups in total. The first-order chi connectivity index (χ1) is 15.0. The highest BCUT2D eigenvalue weighted by molar-refractivity contribution is 8.00. The minimum atomic E-state index is -1.42. The van der Waals surface area contributed by atoms with E-state index in [9.17, 15) is 20.4 Å². The molecule has 2 aliphatic heterocycles. The standard InChI is InChI=1S/C23H26N2O5S/c1-2-12-3-5-13(6-4-12)7-17-15-9-16-14(8-18(15)25-24-17)11-30-23(16)22(29)21(28)20(27)19(10-26)31-23/h3-6,8-9,19-22,26-29H,2,7,10-11H2,1H3,(H,24,25)/t19-,20-,21+,22-,23+/m1/s1. The van der Waals surface area contributed by atoms with Crippen LogP contribution in [-0.4, -0.2) is 60.8 Å². The van der Waals surface area contributed by atoms with Crippen molar-refractivity contribution in [1.29, 1.82) is 0 Å². The van der Waals surface area contributed by atoms with E-state index in [4.69, 9.17) is 4.74 Å². The van der Waals surface area contributed by atoms with Gasteiger partial charge in [-0.2, -0.15) is 5.10 Å². The van der Waals surface area contributed by atoms with Crippen LogP contribution >= 0.6 is 11.8 Å². The molecule has 31 heavy (non-hydrogen) atoms. The largest absolute Gasteiger partial charge is 0.395 e. The van der Waals surface area contributed by atoms with Crippen LogP contribution in [0.3, 0.4) is 0 Å². The molecule has 0 aliphatic carbocycles. The van der Waals surface area contributed by atoms with Gasteiger partial charge < -0.3 is 25.2 Å². The predicted octanol–water partition coefficient (Wildman–Crippen LogP) is 1.59. The molecule has 0 radical (unpaired) electrons. The molecule has 0 saturated carbocycles. The van der Waals surface area contributed by atoms with Crippen LogP contribution in [0.5, 0.6) is 0 Å². The highest BCUT2D eigenvalue weighted by atomic mass is 32.2. The molecule has 3 heterocycles. The Kier molecular flexibility index (Phi) is 5.32. The number of hydrogen-bond acceptors (Lipinski definition) is 7. The first kappa shape index (κ1) is 20.9. The Balaban J connectivity index is 1.55. The van der Waals surface area contributed by atoms with Gasteiger partial charge in [-0.25, -0.2) is 0 Å². The second kappa shape index (κ2) is 7.88. The molecule has 164 valence electrons. The number of hydrogen-bond donors (Lipinski definition) is 5. The number of thioether (sulfide) groups is 1. The van der Waals surface area contributed by atoms with Crippen LogP contribution in [0.15, 0.2) is 36.4 Å². The SMILES string of the molecule is CCc1ccc(Cc2[nH]nc3cc4c(cc23)[C@]2(OC4)S[C@H](CO)[C@@H](O)[C@H](O)[C@H]2O)cc1. The van der Waals surface area contributed by atoms with Crippen LogP contribution in [0.1, 0.15) is 34.9 Å². The van der Waals surface area contributed by atoms with Crippen molar-refractivity contribution in [2.24, 2.45) is 0 Å². The molecule has 1 spiro atoms. The van der Waals surface area contributed by atoms with E-state index >= 15 is 0 Å². The predicted molar refractivity (Wildman–Crippen MR) is 118 cm³/mol. The van der Waals surface area contributed by atoms with Crippen LogP contribution < -0.4 is 0 Å². The average Bonchev–Trinajstić information content (AvgIpc) is 3.35. The molecular formula is C23H26N2O5S. The Morgan fingerprint density at radius 1 is 1.13 bits per heavy atom. The zero-order chi connectivity index (χ0) is 21.8. The molecule has 5 atom stereocenters. The van der Waals surface area contributed by atoms with Gasteiger partial charge in [0.05, 0.1) is 30.1 Å². The summed E-state index contributed by atoms with van der Waals surface area (Å²) in [6.45, 7) is 2.06. The van der Waals surface area contributed by atoms with Crippen molar-refractivity contribution >= 4 is 22.7 Å². The quantitative estimate of drug-likeness (QED) is 0.416. The molecule has 0 unspecified atom stereocenters. The highest BCUT2D eigenvalue weighted by Gasteiger charge is 2.57. The van der Waals surface area contributed by atoms with Crippen molar-refractivity contribution in [2.75, 3.05) is 6.61 Å². The molecule has 7 nitrogen and oxygen atoms in total. The lowest BCUT2D eigenvalue weighted by molar-refractivity contribution is -0.147. The maximum absolute atomic E-state index is 10.9. The second-order valence-electron chi connectivity index (χ2n) is 8.30. The van der Waals surface area contributed by atoms with E-state index in [0.717, 1.165) is 34.1 Å². The molecule has 5 rings (SSSR count). The molecule has 1 aromatic heterocycles. The van der Waals surface area contributed by atoms with Gasteiger partial charge in [-0.05, 0) is 35.2 Å². The summed E-state index contributed by atoms with van der Waals surface area (Å²) in [5.74, 6) is 0. The molecule has 2 aromatic carbocycles. The third kappa shape index (κ3) is 3.29. The normalized spacial score (nSPS) is 30.2. The molecule has 2 aliphatic rings. The molecule has 3 aromatic rings. The smallest absolute Gasteiger partial charge is 0.168 e. The minimum Gasteiger partial charge on any atom is -0.395 e. The third-order valence-electron chi connectivity index (χ3n) is 6.44. The van der Waals surface area contributed by atoms with Crippen molar-refractivity contribution in [3.05, 3.63) is 64.3 Å². The van der Waals surface area contributed by atoms with Gasteiger partial charge in [0.25, 0.3) is 0 Å². The Morgan fingerprint density at radius 3 is 2.58 bits per heavy atom. The number of benzene rings is 2. The molecular weight excluding hydrogens is 416 g/mol. The van der Waals surface area contributed by atoms with Crippen LogP contribution in [0.2, 0.25) is 0 Å². The van der Waals surface area contributed by atoms with E-state index in [2.05, 4.69) is 41.4 Å². The van der Waals surface area contributed by atoms with Gasteiger partial charge in [-0.1, -0.05) is 31.2 Å². The number of aromatic nitrogens is 2. The van der Waals surface area contributed by atoms with Crippen molar-refractivity contribution in [1.82, 2.24) is 10.2 Å². The monoisotopic (exact) mass is 442 g/mol. The lowest BCUT2D eigenvalue weighted by atomic mass is 9.92. The lowest BCUT2D eigenvalue weighted by Crippen LogP contribution is -2.58. The highest BCUT2D eigenvalue weighted by Crippen LogP contribution is 2.54. The maximum Gasteiger partial charge on any atom is 0.168 e. The summed E-state index contributed by atoms with van der Waals surface area (Å²) in [4.78, 5) is -1.24. The molecule has 0 bridgehead atoms. The number of H-pyrrole nitrogens is 1. The van der Waals surface area contributed by atoms with Crippen molar-refractivity contribution in [2.45, 2.75) is 54.9 Å². The Bertz CT molecular complexity index is 1100. The van der Waals surface area contributed by atoms with Gasteiger partial charge in [0.15, 0.2) is 4.93 Å². The van der Waals surface area contributed by atoms with E-state index in [0.29, 0.717) is 6.42 Å². The summed E-state index contributed by atoms with van der Waals surface area (Å²) in [5.41, 5.74) is 5.86. The molecule has 8 heteroatoms. The number of fused-ring (bicyclic) bond motifs is 3. The molecule has 1 fully saturated rings. The summed E-state index contributed by atoms with van der Waals surface area (Å²) >= 11 is 1.17. The van der Waals surface area contributed by atoms with Crippen LogP contribution in [0.4, 0.5) is 0 Å². The number of nitrogens with zero attached hydrogens (tertiary/aromatic N) is 1. The van der Waals surface area contributed by atoms with Gasteiger partial charge in [0, 0.05) is 23.1 Å². The van der Waals surface area contributed by atoms with E-state index in [-0.39, 0.29) is 13.2 Å². The first-order valence-corrected chi connectivity index (χ1v) is 11.4. The summed E-state index contributed by atoms with van der Waals surface area (Å²) in [6, 6.07) is 12.4. The Morgan fingerprint density at radius 2 is 1.87 bits per heavy atom. The number of ether oxygens (including phenoxy) is 1. The van der Waals surface area contributed by atoms with Crippen molar-refractivity contribution in [3.8, 4) is 0 Å². The summed E-state index contributed by atoms with van der Waals surface area (Å²) in [6.07, 6.45) is -2.30. The average molecular weight is 443 g/mol. The van der Waals surface area contributed by atoms with Crippen molar-refractivity contribution in [3.63, 3.8) is 0 Å². The summed E-state index contributed by atoms with van der Waals surface area (Å²) in [5, 5.41) is 49.1. The number of aryl methyl sites for hydroxylation is 1. The lowest BCUT2D eigenvalue weighted by Gasteiger charge is -2.45. The van der Waals surface area contributed by atoms with Gasteiger partial charge in [0.1, 0.15) is 12.2 Å². The van der Waals surface area contributed by atoms with E-state index in [1.54, 1.807) is 0 Å². The summed E-state index contributed by atoms with van der Waals surface area (Å²) < 4.78 is 6.03. The van der Waals surface area contributed by atoms with Crippen LogP contribution in [0, 0.1) is 0 Å². The van der Waals surface area contributed by atoms with E-state index in [1.807, 2.05) is 12.1 Å². The number of aliphatic hydroxyl groups excluding tert-OH is 4. The maximum atomic E-state index is 10.9. The number of rotatable bonds is 4. The third-order valence-corrected chi connectivity index (χ3v) is 8.10.